The molecule has 0 aliphatic carbocycles. The van der Waals surface area contributed by atoms with Gasteiger partial charge in [0.2, 0.25) is 0 Å². The Morgan fingerprint density at radius 3 is 2.22 bits per heavy atom. The average Bonchev–Trinajstić information content (AvgIpc) is 2.74. The maximum Gasteiger partial charge on any atom is 0.120 e. The van der Waals surface area contributed by atoms with Gasteiger partial charge in [0.1, 0.15) is 12.4 Å². The molecule has 2 N–H and O–H groups in total. The van der Waals surface area contributed by atoms with Crippen LogP contribution in [-0.4, -0.2) is 19.6 Å². The van der Waals surface area contributed by atoms with E-state index in [1.54, 1.807) is 0 Å². The van der Waals surface area contributed by atoms with Crippen molar-refractivity contribution in [3.05, 3.63) is 101 Å². The lowest BCUT2D eigenvalue weighted by Gasteiger charge is -2.26. The predicted molar refractivity (Wildman–Crippen MR) is 110 cm³/mol. The number of ether oxygens (including phenoxy) is 1. The molecule has 0 spiro atoms. The van der Waals surface area contributed by atoms with E-state index in [9.17, 15) is 0 Å². The van der Waals surface area contributed by atoms with E-state index >= 15 is 0 Å². The zero-order chi connectivity index (χ0) is 18.3. The summed E-state index contributed by atoms with van der Waals surface area (Å²) in [4.78, 5) is 0. The lowest BCUT2D eigenvalue weighted by atomic mass is 9.98. The van der Waals surface area contributed by atoms with Gasteiger partial charge in [0.25, 0.3) is 0 Å². The molecule has 1 heterocycles. The van der Waals surface area contributed by atoms with E-state index < -0.39 is 0 Å². The molecule has 0 aromatic heterocycles. The van der Waals surface area contributed by atoms with Crippen LogP contribution in [0.2, 0.25) is 0 Å². The molecule has 3 nitrogen and oxygen atoms in total. The van der Waals surface area contributed by atoms with Gasteiger partial charge in [-0.25, -0.2) is 0 Å². The van der Waals surface area contributed by atoms with Crippen molar-refractivity contribution in [3.63, 3.8) is 0 Å². The summed E-state index contributed by atoms with van der Waals surface area (Å²) in [6, 6.07) is 27.9. The lowest BCUT2D eigenvalue weighted by Crippen LogP contribution is -2.42. The fourth-order valence-corrected chi connectivity index (χ4v) is 3.53. The molecule has 1 aliphatic rings. The highest BCUT2D eigenvalue weighted by Gasteiger charge is 2.16. The quantitative estimate of drug-likeness (QED) is 0.696. The molecule has 1 saturated heterocycles. The summed E-state index contributed by atoms with van der Waals surface area (Å²) in [5.41, 5.74) is 5.08. The van der Waals surface area contributed by atoms with Crippen LogP contribution in [0.3, 0.4) is 0 Å². The summed E-state index contributed by atoms with van der Waals surface area (Å²) in [6.07, 6.45) is 0.913. The fourth-order valence-electron chi connectivity index (χ4n) is 3.53. The molecule has 3 aromatic carbocycles. The van der Waals surface area contributed by atoms with E-state index in [-0.39, 0.29) is 0 Å². The summed E-state index contributed by atoms with van der Waals surface area (Å²) in [5.74, 6) is 0.939. The number of nitrogens with one attached hydrogen (secondary N) is 2. The molecule has 1 atom stereocenters. The Morgan fingerprint density at radius 1 is 0.778 bits per heavy atom. The van der Waals surface area contributed by atoms with E-state index in [1.807, 2.05) is 18.2 Å². The van der Waals surface area contributed by atoms with Crippen molar-refractivity contribution in [1.82, 2.24) is 10.6 Å². The van der Waals surface area contributed by atoms with Crippen LogP contribution in [0.5, 0.6) is 5.75 Å². The van der Waals surface area contributed by atoms with Gasteiger partial charge in [-0.15, -0.1) is 0 Å². The summed E-state index contributed by atoms with van der Waals surface area (Å²) < 4.78 is 6.15. The Balaban J connectivity index is 1.57. The van der Waals surface area contributed by atoms with Crippen molar-refractivity contribution < 1.29 is 4.74 Å². The molecule has 1 aliphatic heterocycles. The first-order valence-corrected chi connectivity index (χ1v) is 9.65. The van der Waals surface area contributed by atoms with Crippen molar-refractivity contribution in [2.45, 2.75) is 19.1 Å². The Kier molecular flexibility index (Phi) is 5.83. The molecular formula is C24H26N2O. The minimum absolute atomic E-state index is 0.327. The molecule has 27 heavy (non-hydrogen) atoms. The van der Waals surface area contributed by atoms with E-state index in [0.717, 1.165) is 31.8 Å². The van der Waals surface area contributed by atoms with Crippen molar-refractivity contribution >= 4 is 0 Å². The number of rotatable bonds is 6. The zero-order valence-corrected chi connectivity index (χ0v) is 15.5. The van der Waals surface area contributed by atoms with Crippen LogP contribution in [0.15, 0.2) is 78.9 Å². The van der Waals surface area contributed by atoms with Gasteiger partial charge in [-0.05, 0) is 40.8 Å². The maximum atomic E-state index is 6.15. The summed E-state index contributed by atoms with van der Waals surface area (Å²) >= 11 is 0. The number of hydrogen-bond donors (Lipinski definition) is 2. The number of hydrogen-bond acceptors (Lipinski definition) is 3. The predicted octanol–water partition coefficient (Wildman–Crippen LogP) is 4.09. The van der Waals surface area contributed by atoms with Crippen molar-refractivity contribution in [2.24, 2.45) is 0 Å². The second-order valence-electron chi connectivity index (χ2n) is 7.06. The molecule has 138 valence electrons. The first-order chi connectivity index (χ1) is 13.4. The Morgan fingerprint density at radius 2 is 1.52 bits per heavy atom. The van der Waals surface area contributed by atoms with Gasteiger partial charge in [0.05, 0.1) is 0 Å². The van der Waals surface area contributed by atoms with Crippen LogP contribution in [0, 0.1) is 0 Å². The molecule has 0 unspecified atom stereocenters. The highest BCUT2D eigenvalue weighted by Crippen LogP contribution is 2.25. The highest BCUT2D eigenvalue weighted by molar-refractivity contribution is 5.39. The van der Waals surface area contributed by atoms with Crippen molar-refractivity contribution in [3.8, 4) is 5.75 Å². The van der Waals surface area contributed by atoms with E-state index in [1.165, 1.54) is 22.3 Å². The molecule has 3 aromatic rings. The lowest BCUT2D eigenvalue weighted by molar-refractivity contribution is 0.305. The molecule has 0 saturated carbocycles. The number of benzene rings is 3. The van der Waals surface area contributed by atoms with Gasteiger partial charge < -0.3 is 15.4 Å². The van der Waals surface area contributed by atoms with E-state index in [0.29, 0.717) is 12.6 Å². The largest absolute Gasteiger partial charge is 0.489 e. The molecule has 4 rings (SSSR count). The van der Waals surface area contributed by atoms with Gasteiger partial charge in [-0.2, -0.15) is 0 Å². The monoisotopic (exact) mass is 358 g/mol. The van der Waals surface area contributed by atoms with E-state index in [2.05, 4.69) is 71.3 Å². The van der Waals surface area contributed by atoms with Gasteiger partial charge in [0, 0.05) is 25.7 Å². The molecule has 1 fully saturated rings. The Labute approximate surface area is 161 Å². The third-order valence-corrected chi connectivity index (χ3v) is 4.93. The van der Waals surface area contributed by atoms with Crippen LogP contribution < -0.4 is 15.4 Å². The smallest absolute Gasteiger partial charge is 0.120 e. The third-order valence-electron chi connectivity index (χ3n) is 4.93. The summed E-state index contributed by atoms with van der Waals surface area (Å²) in [6.45, 7) is 3.56. The normalized spacial score (nSPS) is 16.8. The van der Waals surface area contributed by atoms with Gasteiger partial charge in [0.15, 0.2) is 0 Å². The van der Waals surface area contributed by atoms with Crippen LogP contribution in [-0.2, 0) is 13.0 Å². The molecular weight excluding hydrogens is 332 g/mol. The molecule has 0 bridgehead atoms. The second kappa shape index (κ2) is 8.85. The fraction of sp³-hybridized carbons (Fsp3) is 0.250. The van der Waals surface area contributed by atoms with Crippen LogP contribution in [0.25, 0.3) is 0 Å². The summed E-state index contributed by atoms with van der Waals surface area (Å²) in [7, 11) is 0. The zero-order valence-electron chi connectivity index (χ0n) is 15.5. The van der Waals surface area contributed by atoms with Crippen LogP contribution in [0.4, 0.5) is 0 Å². The SMILES string of the molecule is c1ccc(COc2cc(Cc3ccccc3)cc([C@H]3CNCCN3)c2)cc1. The minimum atomic E-state index is 0.327. The van der Waals surface area contributed by atoms with Gasteiger partial charge in [-0.1, -0.05) is 66.7 Å². The first kappa shape index (κ1) is 17.8. The standard InChI is InChI=1S/C24H26N2O/c1-3-7-19(8-4-1)13-21-14-22(24-17-25-11-12-26-24)16-23(15-21)27-18-20-9-5-2-6-10-20/h1-10,14-16,24-26H,11-13,17-18H2/t24-/m1/s1. The topological polar surface area (TPSA) is 33.3 Å². The van der Waals surface area contributed by atoms with Crippen molar-refractivity contribution in [2.75, 3.05) is 19.6 Å². The Bertz CT molecular complexity index is 843. The van der Waals surface area contributed by atoms with E-state index in [4.69, 9.17) is 4.74 Å². The number of piperazine rings is 1. The molecule has 0 radical (unpaired) electrons. The highest BCUT2D eigenvalue weighted by atomic mass is 16.5. The molecule has 3 heteroatoms. The Hall–Kier alpha value is -2.62. The third kappa shape index (κ3) is 4.97. The van der Waals surface area contributed by atoms with Gasteiger partial charge in [-0.3, -0.25) is 0 Å². The van der Waals surface area contributed by atoms with Crippen LogP contribution in [0.1, 0.15) is 28.3 Å². The van der Waals surface area contributed by atoms with Crippen LogP contribution >= 0.6 is 0 Å². The second-order valence-corrected chi connectivity index (χ2v) is 7.06. The first-order valence-electron chi connectivity index (χ1n) is 9.65. The van der Waals surface area contributed by atoms with Gasteiger partial charge >= 0.3 is 0 Å². The maximum absolute atomic E-state index is 6.15. The molecule has 0 amide bonds. The minimum Gasteiger partial charge on any atom is -0.489 e. The van der Waals surface area contributed by atoms with Crippen molar-refractivity contribution in [1.29, 1.82) is 0 Å². The summed E-state index contributed by atoms with van der Waals surface area (Å²) in [5, 5.41) is 7.09. The average molecular weight is 358 g/mol.